The lowest BCUT2D eigenvalue weighted by atomic mass is 10.1. The van der Waals surface area contributed by atoms with Crippen molar-refractivity contribution in [2.75, 3.05) is 13.1 Å². The Bertz CT molecular complexity index is 294. The predicted molar refractivity (Wildman–Crippen MR) is 68.3 cm³/mol. The summed E-state index contributed by atoms with van der Waals surface area (Å²) in [5, 5.41) is 2.42. The molecule has 0 aliphatic carbocycles. The molecule has 1 aliphatic rings. The Labute approximate surface area is 107 Å². The molecule has 0 aromatic rings. The zero-order valence-electron chi connectivity index (χ0n) is 10.5. The van der Waals surface area contributed by atoms with Gasteiger partial charge in [0.15, 0.2) is 0 Å². The van der Waals surface area contributed by atoms with E-state index in [1.165, 1.54) is 0 Å². The van der Waals surface area contributed by atoms with Crippen molar-refractivity contribution in [3.05, 3.63) is 0 Å². The Morgan fingerprint density at radius 1 is 1.29 bits per heavy atom. The van der Waals surface area contributed by atoms with Crippen LogP contribution >= 0.6 is 12.6 Å². The number of nitrogens with zero attached hydrogens (tertiary/aromatic N) is 1. The molecule has 0 atom stereocenters. The van der Waals surface area contributed by atoms with Crippen LogP contribution in [0, 0.1) is 0 Å². The van der Waals surface area contributed by atoms with Gasteiger partial charge in [0.25, 0.3) is 5.24 Å². The maximum Gasteiger partial charge on any atom is 0.410 e. The average Bonchev–Trinajstić information content (AvgIpc) is 2.15. The van der Waals surface area contributed by atoms with E-state index in [9.17, 15) is 9.59 Å². The summed E-state index contributed by atoms with van der Waals surface area (Å²) in [6.07, 6.45) is 1.20. The molecule has 6 heteroatoms. The maximum absolute atomic E-state index is 11.7. The van der Waals surface area contributed by atoms with Crippen LogP contribution in [0.25, 0.3) is 0 Å². The molecular weight excluding hydrogens is 240 g/mol. The van der Waals surface area contributed by atoms with E-state index in [1.807, 2.05) is 20.8 Å². The zero-order chi connectivity index (χ0) is 13.1. The van der Waals surface area contributed by atoms with Crippen molar-refractivity contribution in [3.8, 4) is 0 Å². The SMILES string of the molecule is CC(C)(C)OC(=O)N1CCC(NC(=O)S)CC1. The van der Waals surface area contributed by atoms with Crippen LogP contribution in [0.1, 0.15) is 33.6 Å². The van der Waals surface area contributed by atoms with E-state index in [0.29, 0.717) is 13.1 Å². The van der Waals surface area contributed by atoms with Crippen molar-refractivity contribution >= 4 is 24.0 Å². The molecular formula is C11H20N2O3S. The smallest absolute Gasteiger partial charge is 0.410 e. The first-order valence-corrected chi connectivity index (χ1v) is 6.20. The highest BCUT2D eigenvalue weighted by Gasteiger charge is 2.26. The van der Waals surface area contributed by atoms with Crippen molar-refractivity contribution in [1.29, 1.82) is 0 Å². The number of rotatable bonds is 1. The van der Waals surface area contributed by atoms with Gasteiger partial charge in [0.2, 0.25) is 0 Å². The normalized spacial score (nSPS) is 17.8. The summed E-state index contributed by atoms with van der Waals surface area (Å²) in [7, 11) is 0. The van der Waals surface area contributed by atoms with Gasteiger partial charge in [-0.2, -0.15) is 0 Å². The monoisotopic (exact) mass is 260 g/mol. The first kappa shape index (κ1) is 14.2. The number of amides is 2. The van der Waals surface area contributed by atoms with Gasteiger partial charge in [0.1, 0.15) is 5.60 Å². The Morgan fingerprint density at radius 3 is 2.24 bits per heavy atom. The van der Waals surface area contributed by atoms with Crippen molar-refractivity contribution in [2.45, 2.75) is 45.3 Å². The van der Waals surface area contributed by atoms with Gasteiger partial charge in [-0.05, 0) is 33.6 Å². The van der Waals surface area contributed by atoms with Crippen molar-refractivity contribution in [2.24, 2.45) is 0 Å². The van der Waals surface area contributed by atoms with Crippen molar-refractivity contribution in [1.82, 2.24) is 10.2 Å². The molecule has 1 heterocycles. The first-order chi connectivity index (χ1) is 7.78. The quantitative estimate of drug-likeness (QED) is 0.709. The number of ether oxygens (including phenoxy) is 1. The molecule has 0 saturated carbocycles. The molecule has 17 heavy (non-hydrogen) atoms. The lowest BCUT2D eigenvalue weighted by Crippen LogP contribution is -2.47. The Hall–Kier alpha value is -0.910. The van der Waals surface area contributed by atoms with Crippen LogP contribution in [0.3, 0.4) is 0 Å². The molecule has 1 rings (SSSR count). The highest BCUT2D eigenvalue weighted by molar-refractivity contribution is 7.96. The molecule has 1 saturated heterocycles. The van der Waals surface area contributed by atoms with Crippen LogP contribution in [0.15, 0.2) is 0 Å². The fourth-order valence-electron chi connectivity index (χ4n) is 1.71. The van der Waals surface area contributed by atoms with E-state index in [4.69, 9.17) is 4.74 Å². The molecule has 1 aliphatic heterocycles. The largest absolute Gasteiger partial charge is 0.444 e. The van der Waals surface area contributed by atoms with Crippen molar-refractivity contribution in [3.63, 3.8) is 0 Å². The highest BCUT2D eigenvalue weighted by Crippen LogP contribution is 2.15. The second-order valence-electron chi connectivity index (χ2n) is 5.19. The van der Waals surface area contributed by atoms with Crippen molar-refractivity contribution < 1.29 is 14.3 Å². The van der Waals surface area contributed by atoms with Crippen LogP contribution in [-0.2, 0) is 4.74 Å². The Balaban J connectivity index is 2.36. The lowest BCUT2D eigenvalue weighted by molar-refractivity contribution is 0.0202. The number of thiol groups is 1. The topological polar surface area (TPSA) is 58.6 Å². The number of carbonyl (C=O) groups excluding carboxylic acids is 2. The summed E-state index contributed by atoms with van der Waals surface area (Å²) < 4.78 is 5.28. The molecule has 0 aromatic heterocycles. The summed E-state index contributed by atoms with van der Waals surface area (Å²) in [4.78, 5) is 24.2. The molecule has 0 aromatic carbocycles. The third-order valence-corrected chi connectivity index (χ3v) is 2.60. The molecule has 0 radical (unpaired) electrons. The van der Waals surface area contributed by atoms with Gasteiger partial charge in [-0.25, -0.2) is 4.79 Å². The van der Waals surface area contributed by atoms with Crippen LogP contribution in [0.2, 0.25) is 0 Å². The second kappa shape index (κ2) is 5.62. The number of nitrogens with one attached hydrogen (secondary N) is 1. The van der Waals surface area contributed by atoms with Gasteiger partial charge >= 0.3 is 6.09 Å². The standard InChI is InChI=1S/C11H20N2O3S/c1-11(2,3)16-10(15)13-6-4-8(5-7-13)12-9(14)17/h8H,4-7H2,1-3H3,(H2,12,14,17). The summed E-state index contributed by atoms with van der Waals surface area (Å²) >= 11 is 3.67. The first-order valence-electron chi connectivity index (χ1n) is 5.75. The van der Waals surface area contributed by atoms with Gasteiger partial charge in [0.05, 0.1) is 0 Å². The molecule has 0 unspecified atom stereocenters. The molecule has 1 N–H and O–H groups in total. The summed E-state index contributed by atoms with van der Waals surface area (Å²) in [5.41, 5.74) is -0.465. The van der Waals surface area contributed by atoms with E-state index < -0.39 is 5.60 Å². The molecule has 98 valence electrons. The lowest BCUT2D eigenvalue weighted by Gasteiger charge is -2.33. The minimum Gasteiger partial charge on any atom is -0.444 e. The van der Waals surface area contributed by atoms with Gasteiger partial charge in [-0.15, -0.1) is 0 Å². The number of likely N-dealkylation sites (tertiary alicyclic amines) is 1. The molecule has 1 fully saturated rings. The second-order valence-corrected chi connectivity index (χ2v) is 5.60. The molecule has 2 amide bonds. The number of carbonyl (C=O) groups is 2. The number of hydrogen-bond donors (Lipinski definition) is 2. The minimum absolute atomic E-state index is 0.110. The van der Waals surface area contributed by atoms with Crippen LogP contribution < -0.4 is 5.32 Å². The van der Waals surface area contributed by atoms with Crippen LogP contribution in [0.4, 0.5) is 9.59 Å². The van der Waals surface area contributed by atoms with Crippen LogP contribution in [0.5, 0.6) is 0 Å². The fraction of sp³-hybridized carbons (Fsp3) is 0.818. The highest BCUT2D eigenvalue weighted by atomic mass is 32.1. The third kappa shape index (κ3) is 5.30. The Kier molecular flexibility index (Phi) is 4.68. The van der Waals surface area contributed by atoms with E-state index in [-0.39, 0.29) is 17.4 Å². The third-order valence-electron chi connectivity index (χ3n) is 2.47. The summed E-state index contributed by atoms with van der Waals surface area (Å²) in [5.74, 6) is 0. The van der Waals surface area contributed by atoms with Gasteiger partial charge in [0, 0.05) is 19.1 Å². The molecule has 0 spiro atoms. The minimum atomic E-state index is -0.465. The van der Waals surface area contributed by atoms with Gasteiger partial charge in [-0.1, -0.05) is 12.6 Å². The number of piperidine rings is 1. The number of hydrogen-bond acceptors (Lipinski definition) is 3. The fourth-order valence-corrected chi connectivity index (χ4v) is 1.89. The van der Waals surface area contributed by atoms with E-state index in [2.05, 4.69) is 17.9 Å². The maximum atomic E-state index is 11.7. The summed E-state index contributed by atoms with van der Waals surface area (Å²) in [6, 6.07) is 0.110. The molecule has 0 bridgehead atoms. The zero-order valence-corrected chi connectivity index (χ0v) is 11.4. The van der Waals surface area contributed by atoms with Gasteiger partial charge in [-0.3, -0.25) is 4.79 Å². The van der Waals surface area contributed by atoms with Gasteiger partial charge < -0.3 is 15.0 Å². The molecule has 5 nitrogen and oxygen atoms in total. The summed E-state index contributed by atoms with van der Waals surface area (Å²) in [6.45, 7) is 6.75. The van der Waals surface area contributed by atoms with E-state index in [0.717, 1.165) is 12.8 Å². The van der Waals surface area contributed by atoms with E-state index in [1.54, 1.807) is 4.90 Å². The Morgan fingerprint density at radius 2 is 1.82 bits per heavy atom. The van der Waals surface area contributed by atoms with E-state index >= 15 is 0 Å². The predicted octanol–water partition coefficient (Wildman–Crippen LogP) is 2.03. The van der Waals surface area contributed by atoms with Crippen LogP contribution in [-0.4, -0.2) is 41.0 Å². The average molecular weight is 260 g/mol.